The fraction of sp³-hybridized carbons (Fsp3) is 0.867. The second-order valence-electron chi connectivity index (χ2n) is 6.98. The van der Waals surface area contributed by atoms with E-state index < -0.39 is 6.03 Å². The standard InChI is InChI=1S/C15H27N3O3/c1-15(2,3)17-14(20)16-13(19)10-18-8-9-21-12-7-5-4-6-11(12)18/h11-12H,4-10H2,1-3H3,(H2,16,17,19,20)/t11-,12-/m0/s1. The Balaban J connectivity index is 1.82. The van der Waals surface area contributed by atoms with Crippen LogP contribution in [-0.4, -0.2) is 54.2 Å². The molecule has 0 unspecified atom stereocenters. The predicted molar refractivity (Wildman–Crippen MR) is 80.0 cm³/mol. The number of ether oxygens (including phenoxy) is 1. The zero-order valence-electron chi connectivity index (χ0n) is 13.3. The van der Waals surface area contributed by atoms with Crippen molar-refractivity contribution < 1.29 is 14.3 Å². The monoisotopic (exact) mass is 297 g/mol. The van der Waals surface area contributed by atoms with E-state index in [2.05, 4.69) is 15.5 Å². The molecule has 0 aromatic carbocycles. The molecule has 0 radical (unpaired) electrons. The molecule has 2 atom stereocenters. The number of hydrogen-bond acceptors (Lipinski definition) is 4. The minimum absolute atomic E-state index is 0.247. The van der Waals surface area contributed by atoms with E-state index in [-0.39, 0.29) is 24.1 Å². The Hall–Kier alpha value is -1.14. The van der Waals surface area contributed by atoms with Crippen LogP contribution in [-0.2, 0) is 9.53 Å². The van der Waals surface area contributed by atoms with Crippen molar-refractivity contribution in [2.45, 2.75) is 64.1 Å². The molecule has 21 heavy (non-hydrogen) atoms. The third-order valence-electron chi connectivity index (χ3n) is 3.94. The van der Waals surface area contributed by atoms with Gasteiger partial charge in [-0.05, 0) is 33.6 Å². The Bertz CT molecular complexity index is 390. The fourth-order valence-electron chi connectivity index (χ4n) is 3.10. The molecule has 1 saturated heterocycles. The number of urea groups is 1. The molecule has 0 aromatic rings. The number of amides is 3. The van der Waals surface area contributed by atoms with Gasteiger partial charge in [0.25, 0.3) is 0 Å². The first-order valence-corrected chi connectivity index (χ1v) is 7.83. The van der Waals surface area contributed by atoms with E-state index in [0.717, 1.165) is 19.4 Å². The third kappa shape index (κ3) is 4.97. The van der Waals surface area contributed by atoms with E-state index in [1.165, 1.54) is 12.8 Å². The Morgan fingerprint density at radius 3 is 2.67 bits per heavy atom. The summed E-state index contributed by atoms with van der Waals surface area (Å²) in [4.78, 5) is 25.9. The minimum atomic E-state index is -0.430. The number of nitrogens with one attached hydrogen (secondary N) is 2. The highest BCUT2D eigenvalue weighted by atomic mass is 16.5. The van der Waals surface area contributed by atoms with Gasteiger partial charge in [0.1, 0.15) is 0 Å². The maximum absolute atomic E-state index is 12.0. The molecule has 0 aromatic heterocycles. The topological polar surface area (TPSA) is 70.7 Å². The maximum Gasteiger partial charge on any atom is 0.321 e. The molecule has 2 rings (SSSR count). The number of fused-ring (bicyclic) bond motifs is 1. The summed E-state index contributed by atoms with van der Waals surface area (Å²) in [5, 5.41) is 5.14. The Labute approximate surface area is 126 Å². The van der Waals surface area contributed by atoms with Crippen LogP contribution in [0.25, 0.3) is 0 Å². The number of hydrogen-bond donors (Lipinski definition) is 2. The molecule has 2 N–H and O–H groups in total. The van der Waals surface area contributed by atoms with Crippen LogP contribution in [0.1, 0.15) is 46.5 Å². The van der Waals surface area contributed by atoms with Gasteiger partial charge in [-0.2, -0.15) is 0 Å². The maximum atomic E-state index is 12.0. The summed E-state index contributed by atoms with van der Waals surface area (Å²) in [6.45, 7) is 7.34. The second kappa shape index (κ2) is 6.75. The molecule has 0 bridgehead atoms. The van der Waals surface area contributed by atoms with Gasteiger partial charge >= 0.3 is 6.03 Å². The highest BCUT2D eigenvalue weighted by molar-refractivity contribution is 5.95. The number of nitrogens with zero attached hydrogens (tertiary/aromatic N) is 1. The zero-order valence-corrected chi connectivity index (χ0v) is 13.3. The van der Waals surface area contributed by atoms with E-state index in [9.17, 15) is 9.59 Å². The Morgan fingerprint density at radius 2 is 1.95 bits per heavy atom. The summed E-state index contributed by atoms with van der Waals surface area (Å²) in [6, 6.07) is -0.107. The van der Waals surface area contributed by atoms with Crippen LogP contribution in [0.15, 0.2) is 0 Å². The largest absolute Gasteiger partial charge is 0.375 e. The van der Waals surface area contributed by atoms with Crippen molar-refractivity contribution in [3.8, 4) is 0 Å². The van der Waals surface area contributed by atoms with Crippen LogP contribution >= 0.6 is 0 Å². The molecule has 0 spiro atoms. The number of rotatable bonds is 2. The van der Waals surface area contributed by atoms with Gasteiger partial charge in [-0.25, -0.2) is 4.79 Å². The predicted octanol–water partition coefficient (Wildman–Crippen LogP) is 1.25. The quantitative estimate of drug-likeness (QED) is 0.805. The van der Waals surface area contributed by atoms with Crippen LogP contribution in [0.2, 0.25) is 0 Å². The van der Waals surface area contributed by atoms with Gasteiger partial charge in [-0.3, -0.25) is 15.0 Å². The summed E-state index contributed by atoms with van der Waals surface area (Å²) in [6.07, 6.45) is 4.80. The molecular formula is C15H27N3O3. The van der Waals surface area contributed by atoms with Crippen molar-refractivity contribution in [2.75, 3.05) is 19.7 Å². The molecule has 120 valence electrons. The van der Waals surface area contributed by atoms with Gasteiger partial charge in [0.15, 0.2) is 0 Å². The van der Waals surface area contributed by atoms with Gasteiger partial charge in [0, 0.05) is 18.1 Å². The first kappa shape index (κ1) is 16.2. The molecule has 6 heteroatoms. The molecular weight excluding hydrogens is 270 g/mol. The molecule has 2 aliphatic rings. The van der Waals surface area contributed by atoms with Gasteiger partial charge in [0.2, 0.25) is 5.91 Å². The molecule has 2 fully saturated rings. The van der Waals surface area contributed by atoms with Crippen LogP contribution in [0, 0.1) is 0 Å². The lowest BCUT2D eigenvalue weighted by Gasteiger charge is -2.43. The van der Waals surface area contributed by atoms with Gasteiger partial charge in [0.05, 0.1) is 19.3 Å². The second-order valence-corrected chi connectivity index (χ2v) is 6.98. The van der Waals surface area contributed by atoms with E-state index >= 15 is 0 Å². The van der Waals surface area contributed by atoms with Crippen LogP contribution in [0.5, 0.6) is 0 Å². The van der Waals surface area contributed by atoms with E-state index in [0.29, 0.717) is 12.6 Å². The smallest absolute Gasteiger partial charge is 0.321 e. The van der Waals surface area contributed by atoms with Crippen LogP contribution in [0.4, 0.5) is 4.79 Å². The molecule has 1 aliphatic heterocycles. The van der Waals surface area contributed by atoms with Crippen molar-refractivity contribution in [3.05, 3.63) is 0 Å². The number of carbonyl (C=O) groups excluding carboxylic acids is 2. The molecule has 1 saturated carbocycles. The lowest BCUT2D eigenvalue weighted by molar-refractivity contribution is -0.128. The average Bonchev–Trinajstić information content (AvgIpc) is 2.36. The van der Waals surface area contributed by atoms with Crippen molar-refractivity contribution >= 4 is 11.9 Å². The van der Waals surface area contributed by atoms with Crippen molar-refractivity contribution in [1.82, 2.24) is 15.5 Å². The summed E-state index contributed by atoms with van der Waals surface area (Å²) in [7, 11) is 0. The first-order valence-electron chi connectivity index (χ1n) is 7.83. The first-order chi connectivity index (χ1) is 9.85. The van der Waals surface area contributed by atoms with Gasteiger partial charge in [-0.1, -0.05) is 12.8 Å². The lowest BCUT2D eigenvalue weighted by Crippen LogP contribution is -2.56. The summed E-state index contributed by atoms with van der Waals surface area (Å²) >= 11 is 0. The SMILES string of the molecule is CC(C)(C)NC(=O)NC(=O)CN1CCO[C@H]2CCCC[C@@H]21. The average molecular weight is 297 g/mol. The number of imide groups is 1. The van der Waals surface area contributed by atoms with Gasteiger partial charge < -0.3 is 10.1 Å². The Kier molecular flexibility index (Phi) is 5.22. The zero-order chi connectivity index (χ0) is 15.5. The van der Waals surface area contributed by atoms with Crippen molar-refractivity contribution in [3.63, 3.8) is 0 Å². The summed E-state index contributed by atoms with van der Waals surface area (Å²) in [5.74, 6) is -0.247. The van der Waals surface area contributed by atoms with E-state index in [1.54, 1.807) is 0 Å². The number of carbonyl (C=O) groups is 2. The van der Waals surface area contributed by atoms with E-state index in [4.69, 9.17) is 4.74 Å². The van der Waals surface area contributed by atoms with Crippen molar-refractivity contribution in [1.29, 1.82) is 0 Å². The lowest BCUT2D eigenvalue weighted by atomic mass is 9.90. The summed E-state index contributed by atoms with van der Waals surface area (Å²) < 4.78 is 5.79. The normalized spacial score (nSPS) is 26.8. The van der Waals surface area contributed by atoms with Crippen LogP contribution < -0.4 is 10.6 Å². The molecule has 6 nitrogen and oxygen atoms in total. The molecule has 3 amide bonds. The third-order valence-corrected chi connectivity index (χ3v) is 3.94. The van der Waals surface area contributed by atoms with E-state index in [1.807, 2.05) is 20.8 Å². The fourth-order valence-corrected chi connectivity index (χ4v) is 3.10. The minimum Gasteiger partial charge on any atom is -0.375 e. The number of morpholine rings is 1. The highest BCUT2D eigenvalue weighted by Crippen LogP contribution is 2.28. The van der Waals surface area contributed by atoms with Crippen LogP contribution in [0.3, 0.4) is 0 Å². The summed E-state index contributed by atoms with van der Waals surface area (Å²) in [5.41, 5.74) is -0.349. The molecule has 1 heterocycles. The van der Waals surface area contributed by atoms with Gasteiger partial charge in [-0.15, -0.1) is 0 Å². The highest BCUT2D eigenvalue weighted by Gasteiger charge is 2.35. The molecule has 1 aliphatic carbocycles. The Morgan fingerprint density at radius 1 is 1.24 bits per heavy atom. The van der Waals surface area contributed by atoms with Crippen molar-refractivity contribution in [2.24, 2.45) is 0 Å².